The molecule has 0 atom stereocenters. The first kappa shape index (κ1) is 18.6. The summed E-state index contributed by atoms with van der Waals surface area (Å²) in [5.74, 6) is 0.219. The molecule has 1 fully saturated rings. The lowest BCUT2D eigenvalue weighted by Gasteiger charge is -2.36. The van der Waals surface area contributed by atoms with Gasteiger partial charge < -0.3 is 14.9 Å². The summed E-state index contributed by atoms with van der Waals surface area (Å²) in [6.07, 6.45) is 0. The number of carbonyl (C=O) groups excluding carboxylic acids is 1. The largest absolute Gasteiger partial charge is 0.506 e. The summed E-state index contributed by atoms with van der Waals surface area (Å²) in [5.41, 5.74) is 3.50. The minimum Gasteiger partial charge on any atom is -0.506 e. The summed E-state index contributed by atoms with van der Waals surface area (Å²) in [6, 6.07) is 24.3. The highest BCUT2D eigenvalue weighted by atomic mass is 16.3. The average Bonchev–Trinajstić information content (AvgIpc) is 2.79. The highest BCUT2D eigenvalue weighted by Gasteiger charge is 2.25. The van der Waals surface area contributed by atoms with Gasteiger partial charge in [0.2, 0.25) is 0 Å². The number of phenols is 1. The van der Waals surface area contributed by atoms with Crippen LogP contribution in [0.2, 0.25) is 0 Å². The van der Waals surface area contributed by atoms with Crippen molar-refractivity contribution in [2.45, 2.75) is 0 Å². The van der Waals surface area contributed by atoms with Gasteiger partial charge in [-0.1, -0.05) is 48.5 Å². The van der Waals surface area contributed by atoms with Crippen molar-refractivity contribution in [2.24, 2.45) is 0 Å². The Morgan fingerprint density at radius 2 is 1.45 bits per heavy atom. The monoisotopic (exact) mass is 383 g/mol. The molecule has 5 nitrogen and oxygen atoms in total. The van der Waals surface area contributed by atoms with Gasteiger partial charge in [-0.05, 0) is 29.8 Å². The van der Waals surface area contributed by atoms with E-state index in [2.05, 4.69) is 11.0 Å². The topological polar surface area (TPSA) is 67.6 Å². The van der Waals surface area contributed by atoms with Gasteiger partial charge in [-0.15, -0.1) is 0 Å². The van der Waals surface area contributed by atoms with E-state index in [1.54, 1.807) is 18.2 Å². The van der Waals surface area contributed by atoms with Gasteiger partial charge in [0.1, 0.15) is 5.75 Å². The second kappa shape index (κ2) is 8.07. The molecule has 3 aromatic carbocycles. The van der Waals surface area contributed by atoms with Gasteiger partial charge in [-0.3, -0.25) is 4.79 Å². The van der Waals surface area contributed by atoms with Crippen molar-refractivity contribution >= 4 is 11.6 Å². The second-order valence-electron chi connectivity index (χ2n) is 6.97. The summed E-state index contributed by atoms with van der Waals surface area (Å²) < 4.78 is 0. The number of aromatic hydroxyl groups is 1. The van der Waals surface area contributed by atoms with E-state index in [1.165, 1.54) is 0 Å². The third-order valence-corrected chi connectivity index (χ3v) is 5.28. The molecule has 29 heavy (non-hydrogen) atoms. The van der Waals surface area contributed by atoms with Crippen LogP contribution < -0.4 is 4.90 Å². The van der Waals surface area contributed by atoms with Crippen LogP contribution >= 0.6 is 0 Å². The van der Waals surface area contributed by atoms with E-state index in [1.807, 2.05) is 59.5 Å². The molecule has 1 saturated heterocycles. The third kappa shape index (κ3) is 3.65. The van der Waals surface area contributed by atoms with Crippen LogP contribution in [-0.2, 0) is 0 Å². The summed E-state index contributed by atoms with van der Waals surface area (Å²) in [5, 5.41) is 19.5. The van der Waals surface area contributed by atoms with Crippen molar-refractivity contribution in [3.63, 3.8) is 0 Å². The Morgan fingerprint density at radius 1 is 0.828 bits per heavy atom. The fourth-order valence-corrected chi connectivity index (χ4v) is 3.77. The van der Waals surface area contributed by atoms with Crippen LogP contribution in [0.15, 0.2) is 72.8 Å². The number of para-hydroxylation sites is 2. The van der Waals surface area contributed by atoms with Gasteiger partial charge in [-0.25, -0.2) is 0 Å². The van der Waals surface area contributed by atoms with Crippen LogP contribution in [-0.4, -0.2) is 42.1 Å². The maximum Gasteiger partial charge on any atom is 0.254 e. The second-order valence-corrected chi connectivity index (χ2v) is 6.97. The minimum absolute atomic E-state index is 0.0368. The Bertz CT molecular complexity index is 1080. The van der Waals surface area contributed by atoms with Gasteiger partial charge in [-0.2, -0.15) is 5.26 Å². The van der Waals surface area contributed by atoms with E-state index in [-0.39, 0.29) is 11.7 Å². The van der Waals surface area contributed by atoms with Crippen LogP contribution in [0.1, 0.15) is 15.9 Å². The van der Waals surface area contributed by atoms with E-state index >= 15 is 0 Å². The number of hydrogen-bond acceptors (Lipinski definition) is 4. The molecule has 0 unspecified atom stereocenters. The fourth-order valence-electron chi connectivity index (χ4n) is 3.77. The molecule has 1 aliphatic heterocycles. The standard InChI is InChI=1S/C24H21N3O2/c25-17-18-7-1-2-8-19(18)20-9-3-4-10-21(20)24(29)27-15-13-26(14-16-27)22-11-5-6-12-23(22)28/h1-12,28H,13-16H2. The summed E-state index contributed by atoms with van der Waals surface area (Å²) in [4.78, 5) is 17.2. The number of phenolic OH excluding ortho intramolecular Hbond substituents is 1. The molecule has 1 aliphatic rings. The fraction of sp³-hybridized carbons (Fsp3) is 0.167. The Kier molecular flexibility index (Phi) is 5.17. The Hall–Kier alpha value is -3.78. The molecule has 0 aliphatic carbocycles. The first-order chi connectivity index (χ1) is 14.2. The molecule has 4 rings (SSSR count). The van der Waals surface area contributed by atoms with Crippen molar-refractivity contribution in [3.05, 3.63) is 83.9 Å². The Morgan fingerprint density at radius 3 is 2.17 bits per heavy atom. The van der Waals surface area contributed by atoms with Crippen molar-refractivity contribution in [3.8, 4) is 22.9 Å². The Balaban J connectivity index is 1.56. The minimum atomic E-state index is -0.0368. The van der Waals surface area contributed by atoms with E-state index < -0.39 is 0 Å². The van der Waals surface area contributed by atoms with Crippen LogP contribution in [0.25, 0.3) is 11.1 Å². The van der Waals surface area contributed by atoms with Crippen LogP contribution in [0.4, 0.5) is 5.69 Å². The zero-order valence-electron chi connectivity index (χ0n) is 16.0. The lowest BCUT2D eigenvalue weighted by molar-refractivity contribution is 0.0747. The number of piperazine rings is 1. The predicted molar refractivity (Wildman–Crippen MR) is 113 cm³/mol. The average molecular weight is 383 g/mol. The van der Waals surface area contributed by atoms with Crippen molar-refractivity contribution < 1.29 is 9.90 Å². The van der Waals surface area contributed by atoms with Crippen LogP contribution in [0.5, 0.6) is 5.75 Å². The molecule has 3 aromatic rings. The Labute approximate surface area is 170 Å². The number of nitrogens with zero attached hydrogens (tertiary/aromatic N) is 3. The number of amides is 1. The zero-order valence-corrected chi connectivity index (χ0v) is 16.0. The number of rotatable bonds is 3. The molecule has 0 bridgehead atoms. The van der Waals surface area contributed by atoms with Gasteiger partial charge in [0, 0.05) is 37.3 Å². The van der Waals surface area contributed by atoms with Gasteiger partial charge >= 0.3 is 0 Å². The molecule has 0 radical (unpaired) electrons. The summed E-state index contributed by atoms with van der Waals surface area (Å²) in [6.45, 7) is 2.45. The molecule has 1 amide bonds. The normalized spacial score (nSPS) is 13.8. The summed E-state index contributed by atoms with van der Waals surface area (Å²) in [7, 11) is 0. The zero-order chi connectivity index (χ0) is 20.2. The molecule has 0 spiro atoms. The number of benzene rings is 3. The van der Waals surface area contributed by atoms with Gasteiger partial charge in [0.05, 0.1) is 17.3 Å². The molecular formula is C24H21N3O2. The molecule has 144 valence electrons. The van der Waals surface area contributed by atoms with E-state index in [0.717, 1.165) is 16.8 Å². The van der Waals surface area contributed by atoms with E-state index in [4.69, 9.17) is 0 Å². The maximum absolute atomic E-state index is 13.3. The van der Waals surface area contributed by atoms with E-state index in [9.17, 15) is 15.2 Å². The van der Waals surface area contributed by atoms with Crippen molar-refractivity contribution in [1.29, 1.82) is 5.26 Å². The number of anilines is 1. The number of hydrogen-bond donors (Lipinski definition) is 1. The first-order valence-corrected chi connectivity index (χ1v) is 9.60. The number of carbonyl (C=O) groups is 1. The lowest BCUT2D eigenvalue weighted by Crippen LogP contribution is -2.48. The predicted octanol–water partition coefficient (Wildman–Crippen LogP) is 3.89. The van der Waals surface area contributed by atoms with Crippen molar-refractivity contribution in [1.82, 2.24) is 4.90 Å². The highest BCUT2D eigenvalue weighted by Crippen LogP contribution is 2.30. The SMILES string of the molecule is N#Cc1ccccc1-c1ccccc1C(=O)N1CCN(c2ccccc2O)CC1. The molecule has 1 heterocycles. The lowest BCUT2D eigenvalue weighted by atomic mass is 9.95. The molecule has 0 saturated carbocycles. The molecular weight excluding hydrogens is 362 g/mol. The van der Waals surface area contributed by atoms with Gasteiger partial charge in [0.25, 0.3) is 5.91 Å². The first-order valence-electron chi connectivity index (χ1n) is 9.60. The summed E-state index contributed by atoms with van der Waals surface area (Å²) >= 11 is 0. The van der Waals surface area contributed by atoms with Crippen LogP contribution in [0, 0.1) is 11.3 Å². The highest BCUT2D eigenvalue weighted by molar-refractivity contribution is 6.01. The van der Waals surface area contributed by atoms with Gasteiger partial charge in [0.15, 0.2) is 0 Å². The molecule has 1 N–H and O–H groups in total. The number of nitriles is 1. The van der Waals surface area contributed by atoms with Crippen LogP contribution in [0.3, 0.4) is 0 Å². The third-order valence-electron chi connectivity index (χ3n) is 5.28. The quantitative estimate of drug-likeness (QED) is 0.745. The smallest absolute Gasteiger partial charge is 0.254 e. The molecule has 5 heteroatoms. The molecule has 0 aromatic heterocycles. The van der Waals surface area contributed by atoms with Crippen molar-refractivity contribution in [2.75, 3.05) is 31.1 Å². The van der Waals surface area contributed by atoms with E-state index in [0.29, 0.717) is 37.3 Å². The maximum atomic E-state index is 13.3.